The molecule has 1 N–H and O–H groups in total. The van der Waals surface area contributed by atoms with E-state index in [1.54, 1.807) is 23.5 Å². The minimum atomic E-state index is -0.136. The van der Waals surface area contributed by atoms with E-state index in [0.717, 1.165) is 17.2 Å². The topological polar surface area (TPSA) is 12.0 Å². The highest BCUT2D eigenvalue weighted by Gasteiger charge is 2.21. The fourth-order valence-corrected chi connectivity index (χ4v) is 4.68. The van der Waals surface area contributed by atoms with E-state index in [1.807, 2.05) is 6.07 Å². The van der Waals surface area contributed by atoms with Crippen molar-refractivity contribution in [1.82, 2.24) is 5.32 Å². The third-order valence-corrected chi connectivity index (χ3v) is 5.80. The van der Waals surface area contributed by atoms with E-state index < -0.39 is 0 Å². The molecule has 1 saturated carbocycles. The first-order valence-corrected chi connectivity index (χ1v) is 9.00. The van der Waals surface area contributed by atoms with Crippen LogP contribution < -0.4 is 5.32 Å². The Morgan fingerprint density at radius 1 is 1.24 bits per heavy atom. The summed E-state index contributed by atoms with van der Waals surface area (Å²) in [7, 11) is 0. The Morgan fingerprint density at radius 3 is 2.81 bits per heavy atom. The van der Waals surface area contributed by atoms with E-state index in [9.17, 15) is 4.39 Å². The molecule has 1 aromatic heterocycles. The monoisotopic (exact) mass is 305 g/mol. The van der Waals surface area contributed by atoms with Crippen LogP contribution in [0.2, 0.25) is 0 Å². The molecule has 0 radical (unpaired) electrons. The van der Waals surface area contributed by atoms with Gasteiger partial charge in [-0.3, -0.25) is 0 Å². The van der Waals surface area contributed by atoms with Crippen LogP contribution in [-0.2, 0) is 0 Å². The lowest BCUT2D eigenvalue weighted by molar-refractivity contribution is 0.303. The van der Waals surface area contributed by atoms with Gasteiger partial charge in [0.15, 0.2) is 0 Å². The summed E-state index contributed by atoms with van der Waals surface area (Å²) in [4.78, 5) is 1.36. The van der Waals surface area contributed by atoms with Crippen molar-refractivity contribution < 1.29 is 4.39 Å². The van der Waals surface area contributed by atoms with Gasteiger partial charge in [-0.25, -0.2) is 4.39 Å². The zero-order valence-corrected chi connectivity index (χ0v) is 13.5. The van der Waals surface area contributed by atoms with Crippen molar-refractivity contribution in [1.29, 1.82) is 0 Å². The van der Waals surface area contributed by atoms with Gasteiger partial charge in [-0.05, 0) is 42.5 Å². The Bertz CT molecular complexity index is 586. The summed E-state index contributed by atoms with van der Waals surface area (Å²) in [6.45, 7) is 3.15. The number of thiophene rings is 1. The molecule has 1 aromatic carbocycles. The van der Waals surface area contributed by atoms with Gasteiger partial charge in [0.25, 0.3) is 0 Å². The second-order valence-corrected chi connectivity index (χ2v) is 7.30. The maximum atomic E-state index is 13.4. The van der Waals surface area contributed by atoms with Gasteiger partial charge in [-0.15, -0.1) is 11.3 Å². The number of benzene rings is 1. The molecule has 0 saturated heterocycles. The highest BCUT2D eigenvalue weighted by atomic mass is 32.1. The molecule has 0 aliphatic heterocycles. The molecular weight excluding hydrogens is 281 g/mol. The molecule has 0 spiro atoms. The van der Waals surface area contributed by atoms with Gasteiger partial charge in [0.2, 0.25) is 0 Å². The summed E-state index contributed by atoms with van der Waals surface area (Å²) >= 11 is 1.75. The first-order chi connectivity index (χ1) is 10.3. The average Bonchev–Trinajstić information content (AvgIpc) is 2.91. The quantitative estimate of drug-likeness (QED) is 0.751. The first-order valence-electron chi connectivity index (χ1n) is 8.18. The highest BCUT2D eigenvalue weighted by molar-refractivity contribution is 7.19. The average molecular weight is 305 g/mol. The molecule has 0 amide bonds. The zero-order chi connectivity index (χ0) is 14.7. The molecule has 0 bridgehead atoms. The Hall–Kier alpha value is -0.930. The van der Waals surface area contributed by atoms with Gasteiger partial charge < -0.3 is 5.32 Å². The molecule has 1 unspecified atom stereocenters. The van der Waals surface area contributed by atoms with Crippen LogP contribution in [0, 0.1) is 11.7 Å². The standard InChI is InChI=1S/C18H24FNS/c1-2-20-16(10-13-6-4-3-5-7-13)18-11-14-8-9-15(19)12-17(14)21-18/h8-9,11-13,16,20H,2-7,10H2,1H3. The summed E-state index contributed by atoms with van der Waals surface area (Å²) in [5, 5.41) is 4.81. The lowest BCUT2D eigenvalue weighted by atomic mass is 9.84. The second-order valence-electron chi connectivity index (χ2n) is 6.18. The predicted molar refractivity (Wildman–Crippen MR) is 89.4 cm³/mol. The number of fused-ring (bicyclic) bond motifs is 1. The van der Waals surface area contributed by atoms with Gasteiger partial charge in [0.05, 0.1) is 0 Å². The van der Waals surface area contributed by atoms with Crippen molar-refractivity contribution in [3.05, 3.63) is 35.0 Å². The SMILES string of the molecule is CCNC(CC1CCCCC1)c1cc2ccc(F)cc2s1. The van der Waals surface area contributed by atoms with E-state index in [-0.39, 0.29) is 5.82 Å². The maximum absolute atomic E-state index is 13.4. The van der Waals surface area contributed by atoms with Crippen LogP contribution in [-0.4, -0.2) is 6.54 Å². The van der Waals surface area contributed by atoms with Gasteiger partial charge in [0.1, 0.15) is 5.82 Å². The smallest absolute Gasteiger partial charge is 0.124 e. The van der Waals surface area contributed by atoms with Gasteiger partial charge >= 0.3 is 0 Å². The molecule has 1 atom stereocenters. The van der Waals surface area contributed by atoms with E-state index in [4.69, 9.17) is 0 Å². The molecule has 1 aliphatic rings. The summed E-state index contributed by atoms with van der Waals surface area (Å²) in [5.74, 6) is 0.716. The maximum Gasteiger partial charge on any atom is 0.124 e. The first kappa shape index (κ1) is 15.0. The number of hydrogen-bond acceptors (Lipinski definition) is 2. The minimum absolute atomic E-state index is 0.136. The Kier molecular flexibility index (Phi) is 4.91. The summed E-state index contributed by atoms with van der Waals surface area (Å²) in [6.07, 6.45) is 8.17. The number of hydrogen-bond donors (Lipinski definition) is 1. The normalized spacial score (nSPS) is 18.2. The molecular formula is C18H24FNS. The van der Waals surface area contributed by atoms with Crippen molar-refractivity contribution in [2.75, 3.05) is 6.54 Å². The van der Waals surface area contributed by atoms with Crippen LogP contribution in [0.3, 0.4) is 0 Å². The Balaban J connectivity index is 1.80. The van der Waals surface area contributed by atoms with Crippen molar-refractivity contribution in [3.8, 4) is 0 Å². The molecule has 2 aromatic rings. The largest absolute Gasteiger partial charge is 0.310 e. The third kappa shape index (κ3) is 3.64. The minimum Gasteiger partial charge on any atom is -0.310 e. The van der Waals surface area contributed by atoms with E-state index >= 15 is 0 Å². The molecule has 1 aliphatic carbocycles. The Labute approximate surface area is 130 Å². The van der Waals surface area contributed by atoms with Gasteiger partial charge in [-0.1, -0.05) is 45.1 Å². The lowest BCUT2D eigenvalue weighted by Gasteiger charge is -2.26. The molecule has 1 heterocycles. The fourth-order valence-electron chi connectivity index (χ4n) is 3.50. The van der Waals surface area contributed by atoms with Crippen molar-refractivity contribution in [3.63, 3.8) is 0 Å². The van der Waals surface area contributed by atoms with Crippen LogP contribution >= 0.6 is 11.3 Å². The van der Waals surface area contributed by atoms with Crippen LogP contribution in [0.5, 0.6) is 0 Å². The van der Waals surface area contributed by atoms with Gasteiger partial charge in [-0.2, -0.15) is 0 Å². The van der Waals surface area contributed by atoms with E-state index in [2.05, 4.69) is 18.3 Å². The molecule has 114 valence electrons. The highest BCUT2D eigenvalue weighted by Crippen LogP contribution is 2.36. The van der Waals surface area contributed by atoms with Crippen LogP contribution in [0.1, 0.15) is 56.4 Å². The molecule has 21 heavy (non-hydrogen) atoms. The number of nitrogens with one attached hydrogen (secondary N) is 1. The van der Waals surface area contributed by atoms with E-state index in [0.29, 0.717) is 6.04 Å². The van der Waals surface area contributed by atoms with Crippen LogP contribution in [0.25, 0.3) is 10.1 Å². The molecule has 1 nitrogen and oxygen atoms in total. The second kappa shape index (κ2) is 6.89. The lowest BCUT2D eigenvalue weighted by Crippen LogP contribution is -2.23. The van der Waals surface area contributed by atoms with Crippen molar-refractivity contribution in [2.45, 2.75) is 51.5 Å². The number of halogens is 1. The molecule has 1 fully saturated rings. The summed E-state index contributed by atoms with van der Waals surface area (Å²) in [6, 6.07) is 7.79. The van der Waals surface area contributed by atoms with Crippen molar-refractivity contribution >= 4 is 21.4 Å². The predicted octanol–water partition coefficient (Wildman–Crippen LogP) is 5.66. The number of rotatable bonds is 5. The summed E-state index contributed by atoms with van der Waals surface area (Å²) in [5.41, 5.74) is 0. The fraction of sp³-hybridized carbons (Fsp3) is 0.556. The summed E-state index contributed by atoms with van der Waals surface area (Å²) < 4.78 is 14.4. The van der Waals surface area contributed by atoms with E-state index in [1.165, 1.54) is 48.8 Å². The molecule has 3 heteroatoms. The Morgan fingerprint density at radius 2 is 2.05 bits per heavy atom. The van der Waals surface area contributed by atoms with Crippen LogP contribution in [0.15, 0.2) is 24.3 Å². The van der Waals surface area contributed by atoms with Crippen molar-refractivity contribution in [2.24, 2.45) is 5.92 Å². The third-order valence-electron chi connectivity index (χ3n) is 4.59. The molecule has 3 rings (SSSR count). The van der Waals surface area contributed by atoms with Gasteiger partial charge in [0, 0.05) is 15.6 Å². The zero-order valence-electron chi connectivity index (χ0n) is 12.7. The van der Waals surface area contributed by atoms with Crippen LogP contribution in [0.4, 0.5) is 4.39 Å².